The number of carbonyl (C=O) groups is 1. The third-order valence-electron chi connectivity index (χ3n) is 7.65. The Kier molecular flexibility index (Phi) is 8.51. The summed E-state index contributed by atoms with van der Waals surface area (Å²) in [5.74, 6) is 3.43. The molecule has 2 aromatic rings. The molecule has 0 aromatic heterocycles. The Morgan fingerprint density at radius 3 is 2.17 bits per heavy atom. The first kappa shape index (κ1) is 27.0. The van der Waals surface area contributed by atoms with Crippen LogP contribution in [0.3, 0.4) is 0 Å². The lowest BCUT2D eigenvalue weighted by Crippen LogP contribution is -2.51. The van der Waals surface area contributed by atoms with Crippen molar-refractivity contribution in [3.8, 4) is 11.5 Å². The van der Waals surface area contributed by atoms with Crippen molar-refractivity contribution in [2.75, 3.05) is 6.54 Å². The summed E-state index contributed by atoms with van der Waals surface area (Å²) in [6.45, 7) is 12.9. The highest BCUT2D eigenvalue weighted by Crippen LogP contribution is 2.42. The summed E-state index contributed by atoms with van der Waals surface area (Å²) in [4.78, 5) is 15.1. The van der Waals surface area contributed by atoms with Gasteiger partial charge in [-0.15, -0.1) is 5.54 Å². The fraction of sp³-hybridized carbons (Fsp3) is 0.500. The fourth-order valence-electron chi connectivity index (χ4n) is 5.14. The smallest absolute Gasteiger partial charge is 0.411 e. The first-order valence-electron chi connectivity index (χ1n) is 13.0. The molecule has 0 unspecified atom stereocenters. The average molecular weight is 492 g/mol. The molecule has 1 fully saturated rings. The summed E-state index contributed by atoms with van der Waals surface area (Å²) < 4.78 is 6.14. The van der Waals surface area contributed by atoms with Gasteiger partial charge in [-0.1, -0.05) is 69.2 Å². The van der Waals surface area contributed by atoms with Crippen LogP contribution in [0.2, 0.25) is 18.1 Å². The SMILES string of the molecule is CC[Si](C#Cc1ccc([C@H](C)N2CC[C@](CC(C)(C)O)(c3ccccc3)OC2=O)cc1)(CC)CC. The second kappa shape index (κ2) is 11.0. The summed E-state index contributed by atoms with van der Waals surface area (Å²) in [6, 6.07) is 21.5. The molecule has 0 saturated carbocycles. The normalized spacial score (nSPS) is 19.5. The van der Waals surface area contributed by atoms with Gasteiger partial charge in [0.1, 0.15) is 13.7 Å². The van der Waals surface area contributed by atoms with E-state index >= 15 is 0 Å². The fourth-order valence-corrected chi connectivity index (χ4v) is 7.58. The molecule has 1 aliphatic heterocycles. The summed E-state index contributed by atoms with van der Waals surface area (Å²) in [5, 5.41) is 10.6. The number of carbonyl (C=O) groups excluding carboxylic acids is 1. The van der Waals surface area contributed by atoms with Crippen LogP contribution in [0, 0.1) is 11.5 Å². The predicted octanol–water partition coefficient (Wildman–Crippen LogP) is 7.05. The lowest BCUT2D eigenvalue weighted by molar-refractivity contribution is -0.101. The van der Waals surface area contributed by atoms with E-state index in [1.165, 1.54) is 18.1 Å². The molecular weight excluding hydrogens is 450 g/mol. The number of amides is 1. The van der Waals surface area contributed by atoms with Crippen LogP contribution in [0.15, 0.2) is 54.6 Å². The highest BCUT2D eigenvalue weighted by molar-refractivity contribution is 6.87. The van der Waals surface area contributed by atoms with Crippen LogP contribution in [-0.4, -0.2) is 36.3 Å². The van der Waals surface area contributed by atoms with Crippen molar-refractivity contribution in [2.45, 2.75) is 89.8 Å². The molecule has 35 heavy (non-hydrogen) atoms. The first-order valence-corrected chi connectivity index (χ1v) is 15.6. The van der Waals surface area contributed by atoms with E-state index in [9.17, 15) is 9.90 Å². The second-order valence-corrected chi connectivity index (χ2v) is 15.5. The first-order chi connectivity index (χ1) is 16.6. The van der Waals surface area contributed by atoms with E-state index in [1.807, 2.05) is 37.3 Å². The van der Waals surface area contributed by atoms with Gasteiger partial charge in [0.15, 0.2) is 0 Å². The lowest BCUT2D eigenvalue weighted by Gasteiger charge is -2.45. The number of benzene rings is 2. The van der Waals surface area contributed by atoms with Crippen LogP contribution in [0.1, 0.15) is 77.1 Å². The molecule has 0 bridgehead atoms. The van der Waals surface area contributed by atoms with E-state index in [1.54, 1.807) is 18.7 Å². The second-order valence-electron chi connectivity index (χ2n) is 10.5. The van der Waals surface area contributed by atoms with E-state index in [2.05, 4.69) is 56.5 Å². The third kappa shape index (κ3) is 6.37. The molecule has 2 atom stereocenters. The third-order valence-corrected chi connectivity index (χ3v) is 12.4. The molecule has 0 spiro atoms. The zero-order valence-electron chi connectivity index (χ0n) is 22.2. The van der Waals surface area contributed by atoms with E-state index < -0.39 is 19.3 Å². The Hall–Kier alpha value is -2.55. The van der Waals surface area contributed by atoms with Crippen molar-refractivity contribution in [1.82, 2.24) is 4.90 Å². The summed E-state index contributed by atoms with van der Waals surface area (Å²) >= 11 is 0. The Morgan fingerprint density at radius 1 is 1.06 bits per heavy atom. The molecule has 4 nitrogen and oxygen atoms in total. The molecular formula is C30H41NO3Si. The molecule has 0 radical (unpaired) electrons. The van der Waals surface area contributed by atoms with Gasteiger partial charge in [-0.2, -0.15) is 0 Å². The van der Waals surface area contributed by atoms with Crippen molar-refractivity contribution in [3.63, 3.8) is 0 Å². The molecule has 1 amide bonds. The molecule has 5 heteroatoms. The summed E-state index contributed by atoms with van der Waals surface area (Å²) in [5.41, 5.74) is 4.87. The zero-order valence-corrected chi connectivity index (χ0v) is 23.2. The van der Waals surface area contributed by atoms with E-state index in [0.29, 0.717) is 19.4 Å². The van der Waals surface area contributed by atoms with Crippen LogP contribution in [0.4, 0.5) is 4.79 Å². The van der Waals surface area contributed by atoms with Crippen LogP contribution >= 0.6 is 0 Å². The number of hydrogen-bond donors (Lipinski definition) is 1. The molecule has 1 aliphatic rings. The molecule has 1 heterocycles. The molecule has 0 aliphatic carbocycles. The zero-order chi connectivity index (χ0) is 25.7. The van der Waals surface area contributed by atoms with Gasteiger partial charge in [0.25, 0.3) is 0 Å². The van der Waals surface area contributed by atoms with Crippen molar-refractivity contribution in [3.05, 3.63) is 71.3 Å². The Balaban J connectivity index is 1.77. The van der Waals surface area contributed by atoms with Gasteiger partial charge in [-0.05, 0) is 62.2 Å². The Morgan fingerprint density at radius 2 is 1.66 bits per heavy atom. The van der Waals surface area contributed by atoms with Crippen molar-refractivity contribution in [1.29, 1.82) is 0 Å². The number of nitrogens with zero attached hydrogens (tertiary/aromatic N) is 1. The maximum atomic E-state index is 13.3. The quantitative estimate of drug-likeness (QED) is 0.318. The number of aliphatic hydroxyl groups is 1. The highest BCUT2D eigenvalue weighted by Gasteiger charge is 2.46. The van der Waals surface area contributed by atoms with Crippen molar-refractivity contribution in [2.24, 2.45) is 0 Å². The highest BCUT2D eigenvalue weighted by atomic mass is 28.3. The topological polar surface area (TPSA) is 49.8 Å². The van der Waals surface area contributed by atoms with Gasteiger partial charge in [-0.25, -0.2) is 4.79 Å². The molecule has 1 saturated heterocycles. The maximum absolute atomic E-state index is 13.3. The minimum absolute atomic E-state index is 0.115. The minimum Gasteiger partial charge on any atom is -0.438 e. The van der Waals surface area contributed by atoms with Gasteiger partial charge in [-0.3, -0.25) is 0 Å². The van der Waals surface area contributed by atoms with Gasteiger partial charge in [0.05, 0.1) is 11.6 Å². The van der Waals surface area contributed by atoms with Crippen LogP contribution < -0.4 is 0 Å². The Labute approximate surface area is 212 Å². The van der Waals surface area contributed by atoms with Gasteiger partial charge >= 0.3 is 6.09 Å². The number of hydrogen-bond acceptors (Lipinski definition) is 3. The van der Waals surface area contributed by atoms with E-state index in [0.717, 1.165) is 16.7 Å². The van der Waals surface area contributed by atoms with Gasteiger partial charge in [0, 0.05) is 24.9 Å². The van der Waals surface area contributed by atoms with Crippen LogP contribution in [-0.2, 0) is 10.3 Å². The molecule has 2 aromatic carbocycles. The Bertz CT molecular complexity index is 1040. The number of rotatable bonds is 8. The molecule has 1 N–H and O–H groups in total. The minimum atomic E-state index is -1.48. The molecule has 3 rings (SSSR count). The summed E-state index contributed by atoms with van der Waals surface area (Å²) in [6.07, 6.45) is 0.632. The predicted molar refractivity (Wildman–Crippen MR) is 146 cm³/mol. The monoisotopic (exact) mass is 491 g/mol. The number of ether oxygens (including phenoxy) is 1. The van der Waals surface area contributed by atoms with Crippen molar-refractivity contribution >= 4 is 14.2 Å². The molecule has 188 valence electrons. The van der Waals surface area contributed by atoms with Crippen molar-refractivity contribution < 1.29 is 14.6 Å². The van der Waals surface area contributed by atoms with Crippen LogP contribution in [0.5, 0.6) is 0 Å². The number of cyclic esters (lactones) is 1. The van der Waals surface area contributed by atoms with Gasteiger partial charge in [0.2, 0.25) is 0 Å². The van der Waals surface area contributed by atoms with Gasteiger partial charge < -0.3 is 14.7 Å². The summed E-state index contributed by atoms with van der Waals surface area (Å²) in [7, 11) is -1.48. The lowest BCUT2D eigenvalue weighted by atomic mass is 9.80. The largest absolute Gasteiger partial charge is 0.438 e. The van der Waals surface area contributed by atoms with E-state index in [4.69, 9.17) is 4.74 Å². The maximum Gasteiger partial charge on any atom is 0.411 e. The van der Waals surface area contributed by atoms with Crippen LogP contribution in [0.25, 0.3) is 0 Å². The van der Waals surface area contributed by atoms with E-state index in [-0.39, 0.29) is 12.1 Å². The average Bonchev–Trinajstić information content (AvgIpc) is 2.85. The standard InChI is InChI=1S/C30H41NO3Si/c1-7-35(8-2,9-3)22-19-25-15-17-26(18-16-25)24(4)31-21-20-30(34-28(31)32,23-29(5,6)33)27-13-11-10-12-14-27/h10-18,24,33H,7-9,20-21,23H2,1-6H3/t24-,30-/m0/s1.